The molecule has 0 spiro atoms. The van der Waals surface area contributed by atoms with Crippen LogP contribution in [0.4, 0.5) is 17.6 Å². The highest BCUT2D eigenvalue weighted by atomic mass is 35.5. The minimum absolute atomic E-state index is 0.0988. The Morgan fingerprint density at radius 1 is 1.15 bits per heavy atom. The normalized spacial score (nSPS) is 20.9. The molecule has 2 rings (SSSR count). The fourth-order valence-corrected chi connectivity index (χ4v) is 3.12. The average Bonchev–Trinajstić information content (AvgIpc) is 3.16. The number of methoxy groups -OCH3 is 1. The van der Waals surface area contributed by atoms with Crippen molar-refractivity contribution in [2.45, 2.75) is 27.1 Å². The average molecular weight is 406 g/mol. The molecule has 1 saturated carbocycles. The van der Waals surface area contributed by atoms with Gasteiger partial charge in [-0.2, -0.15) is 5.26 Å². The molecule has 0 unspecified atom stereocenters. The van der Waals surface area contributed by atoms with Crippen LogP contribution >= 0.6 is 11.6 Å². The van der Waals surface area contributed by atoms with Gasteiger partial charge in [0, 0.05) is 7.11 Å². The smallest absolute Gasteiger partial charge is 0.310 e. The molecule has 9 heteroatoms. The Hall–Kier alpha value is -2.11. The van der Waals surface area contributed by atoms with Crippen molar-refractivity contribution in [1.29, 1.82) is 5.26 Å². The zero-order valence-electron chi connectivity index (χ0n) is 14.7. The number of carbonyl (C=O) groups excluding carboxylic acids is 1. The van der Waals surface area contributed by atoms with Crippen LogP contribution < -0.4 is 0 Å². The van der Waals surface area contributed by atoms with Gasteiger partial charge in [-0.15, -0.1) is 0 Å². The van der Waals surface area contributed by atoms with E-state index in [0.717, 1.165) is 7.11 Å². The van der Waals surface area contributed by atoms with Crippen LogP contribution in [0.1, 0.15) is 25.0 Å². The van der Waals surface area contributed by atoms with Crippen LogP contribution in [-0.2, 0) is 27.5 Å². The van der Waals surface area contributed by atoms with Gasteiger partial charge < -0.3 is 9.47 Å². The predicted molar refractivity (Wildman–Crippen MR) is 87.1 cm³/mol. The number of esters is 1. The highest BCUT2D eigenvalue weighted by molar-refractivity contribution is 6.31. The lowest BCUT2D eigenvalue weighted by atomic mass is 10.1. The second-order valence-corrected chi connectivity index (χ2v) is 7.11. The summed E-state index contributed by atoms with van der Waals surface area (Å²) < 4.78 is 65.3. The number of carbonyl (C=O) groups is 1. The lowest BCUT2D eigenvalue weighted by molar-refractivity contribution is -0.147. The first-order valence-electron chi connectivity index (χ1n) is 7.84. The maximum atomic E-state index is 14.0. The molecule has 1 aliphatic carbocycles. The topological polar surface area (TPSA) is 59.3 Å². The summed E-state index contributed by atoms with van der Waals surface area (Å²) in [6.07, 6.45) is 1.40. The van der Waals surface area contributed by atoms with Crippen molar-refractivity contribution >= 4 is 17.6 Å². The summed E-state index contributed by atoms with van der Waals surface area (Å²) in [5.41, 5.74) is -2.50. The van der Waals surface area contributed by atoms with Gasteiger partial charge in [0.05, 0.1) is 23.7 Å². The largest absolute Gasteiger partial charge is 0.460 e. The first kappa shape index (κ1) is 21.2. The monoisotopic (exact) mass is 405 g/mol. The Morgan fingerprint density at radius 2 is 1.63 bits per heavy atom. The third-order valence-electron chi connectivity index (χ3n) is 4.69. The Bertz CT molecular complexity index is 819. The lowest BCUT2D eigenvalue weighted by Crippen LogP contribution is -2.15. The van der Waals surface area contributed by atoms with Gasteiger partial charge in [0.15, 0.2) is 23.3 Å². The number of rotatable bonds is 6. The number of allylic oxidation sites excluding steroid dienone is 2. The number of nitriles is 1. The number of hydrogen-bond acceptors (Lipinski definition) is 4. The Morgan fingerprint density at radius 3 is 2.07 bits per heavy atom. The second-order valence-electron chi connectivity index (χ2n) is 6.70. The number of ether oxygens (including phenoxy) is 2. The Labute approximate surface area is 158 Å². The van der Waals surface area contributed by atoms with Gasteiger partial charge in [-0.3, -0.25) is 4.79 Å². The van der Waals surface area contributed by atoms with Crippen LogP contribution in [0.25, 0.3) is 0 Å². The van der Waals surface area contributed by atoms with Crippen LogP contribution in [-0.4, -0.2) is 13.1 Å². The molecule has 1 aliphatic rings. The molecule has 1 aromatic carbocycles. The number of nitrogens with zero attached hydrogens (tertiary/aromatic N) is 1. The molecular formula is C18H16ClF4NO3. The minimum atomic E-state index is -1.65. The molecule has 1 aromatic rings. The summed E-state index contributed by atoms with van der Waals surface area (Å²) in [6.45, 7) is 1.81. The van der Waals surface area contributed by atoms with Crippen LogP contribution in [0.15, 0.2) is 11.1 Å². The van der Waals surface area contributed by atoms with Crippen molar-refractivity contribution in [3.8, 4) is 6.07 Å². The van der Waals surface area contributed by atoms with Gasteiger partial charge in [0.2, 0.25) is 0 Å². The summed E-state index contributed by atoms with van der Waals surface area (Å²) in [5, 5.41) is 8.60. The first-order valence-corrected chi connectivity index (χ1v) is 8.22. The van der Waals surface area contributed by atoms with E-state index in [4.69, 9.17) is 21.6 Å². The fourth-order valence-electron chi connectivity index (χ4n) is 2.99. The molecule has 27 heavy (non-hydrogen) atoms. The molecule has 0 aromatic heterocycles. The summed E-state index contributed by atoms with van der Waals surface area (Å²) in [5.74, 6) is -8.41. The van der Waals surface area contributed by atoms with Crippen molar-refractivity contribution in [2.24, 2.45) is 17.3 Å². The van der Waals surface area contributed by atoms with Crippen LogP contribution in [0, 0.1) is 51.9 Å². The zero-order valence-corrected chi connectivity index (χ0v) is 15.5. The van der Waals surface area contributed by atoms with Gasteiger partial charge in [-0.25, -0.2) is 17.6 Å². The van der Waals surface area contributed by atoms with Gasteiger partial charge in [-0.05, 0) is 11.3 Å². The van der Waals surface area contributed by atoms with E-state index in [-0.39, 0.29) is 5.03 Å². The van der Waals surface area contributed by atoms with E-state index >= 15 is 0 Å². The van der Waals surface area contributed by atoms with Crippen molar-refractivity contribution in [3.63, 3.8) is 0 Å². The van der Waals surface area contributed by atoms with E-state index in [1.54, 1.807) is 19.9 Å². The minimum Gasteiger partial charge on any atom is -0.460 e. The summed E-state index contributed by atoms with van der Waals surface area (Å²) in [7, 11) is 1.12. The predicted octanol–water partition coefficient (Wildman–Crippen LogP) is 4.35. The molecule has 0 heterocycles. The maximum Gasteiger partial charge on any atom is 0.310 e. The van der Waals surface area contributed by atoms with Crippen LogP contribution in [0.3, 0.4) is 0 Å². The molecule has 0 radical (unpaired) electrons. The second kappa shape index (κ2) is 7.87. The Balaban J connectivity index is 2.18. The van der Waals surface area contributed by atoms with Crippen molar-refractivity contribution < 1.29 is 31.8 Å². The zero-order chi connectivity index (χ0) is 20.5. The van der Waals surface area contributed by atoms with Gasteiger partial charge in [0.25, 0.3) is 0 Å². The van der Waals surface area contributed by atoms with Crippen molar-refractivity contribution in [2.75, 3.05) is 7.11 Å². The quantitative estimate of drug-likeness (QED) is 0.305. The molecule has 0 N–H and O–H groups in total. The molecule has 4 nitrogen and oxygen atoms in total. The van der Waals surface area contributed by atoms with Crippen LogP contribution in [0.2, 0.25) is 0 Å². The summed E-state index contributed by atoms with van der Waals surface area (Å²) in [4.78, 5) is 12.2. The molecule has 0 bridgehead atoms. The van der Waals surface area contributed by atoms with E-state index in [2.05, 4.69) is 4.74 Å². The van der Waals surface area contributed by atoms with E-state index in [1.807, 2.05) is 0 Å². The first-order chi connectivity index (χ1) is 12.6. The molecule has 146 valence electrons. The third kappa shape index (κ3) is 3.94. The van der Waals surface area contributed by atoms with Gasteiger partial charge in [0.1, 0.15) is 17.7 Å². The molecule has 0 amide bonds. The van der Waals surface area contributed by atoms with Crippen LogP contribution in [0.5, 0.6) is 0 Å². The summed E-state index contributed by atoms with van der Waals surface area (Å²) >= 11 is 5.64. The number of halogens is 5. The van der Waals surface area contributed by atoms with Crippen molar-refractivity contribution in [1.82, 2.24) is 0 Å². The SMILES string of the molecule is COCc1c(F)c(F)c(COC(=O)[C@@H]2[C@@H](/C=C(/Cl)C#N)C2(C)C)c(F)c1F. The summed E-state index contributed by atoms with van der Waals surface area (Å²) in [6, 6.07) is 1.72. The number of hydrogen-bond donors (Lipinski definition) is 0. The van der Waals surface area contributed by atoms with E-state index in [0.29, 0.717) is 0 Å². The Kier molecular flexibility index (Phi) is 6.17. The lowest BCUT2D eigenvalue weighted by Gasteiger charge is -2.12. The van der Waals surface area contributed by atoms with Gasteiger partial charge >= 0.3 is 5.97 Å². The molecule has 2 atom stereocenters. The maximum absolute atomic E-state index is 14.0. The fraction of sp³-hybridized carbons (Fsp3) is 0.444. The molecule has 0 saturated heterocycles. The molecule has 1 fully saturated rings. The molecule has 0 aliphatic heterocycles. The van der Waals surface area contributed by atoms with Gasteiger partial charge in [-0.1, -0.05) is 31.5 Å². The van der Waals surface area contributed by atoms with Crippen molar-refractivity contribution in [3.05, 3.63) is 45.5 Å². The van der Waals surface area contributed by atoms with E-state index < -0.39 is 70.8 Å². The third-order valence-corrected chi connectivity index (χ3v) is 4.90. The van der Waals surface area contributed by atoms with E-state index in [1.165, 1.54) is 6.08 Å². The highest BCUT2D eigenvalue weighted by Gasteiger charge is 2.61. The standard InChI is InChI=1S/C18H16ClF4NO3/c1-18(2)11(4-8(19)5-24)12(18)17(25)27-7-10-15(22)13(20)9(6-26-3)14(21)16(10)23/h4,11-12H,6-7H2,1-3H3/b8-4+/t11-,12+/m1/s1. The van der Waals surface area contributed by atoms with E-state index in [9.17, 15) is 22.4 Å². The molecular weight excluding hydrogens is 390 g/mol. The highest BCUT2D eigenvalue weighted by Crippen LogP contribution is 2.60. The number of benzene rings is 1.